The van der Waals surface area contributed by atoms with Crippen molar-refractivity contribution in [3.8, 4) is 11.3 Å². The Morgan fingerprint density at radius 1 is 1.15 bits per heavy atom. The first-order valence-electron chi connectivity index (χ1n) is 14.4. The summed E-state index contributed by atoms with van der Waals surface area (Å²) in [5, 5.41) is 6.46. The summed E-state index contributed by atoms with van der Waals surface area (Å²) in [6.07, 6.45) is 9.50. The van der Waals surface area contributed by atoms with E-state index in [1.54, 1.807) is 24.3 Å². The Hall–Kier alpha value is -3.03. The van der Waals surface area contributed by atoms with Gasteiger partial charge in [-0.15, -0.1) is 0 Å². The van der Waals surface area contributed by atoms with Crippen LogP contribution in [0.3, 0.4) is 0 Å². The second-order valence-corrected chi connectivity index (χ2v) is 11.5. The quantitative estimate of drug-likeness (QED) is 0.451. The number of allylic oxidation sites excluding steroid dienone is 2. The van der Waals surface area contributed by atoms with Gasteiger partial charge in [0, 0.05) is 30.5 Å². The number of halogens is 1. The third kappa shape index (κ3) is 6.10. The monoisotopic (exact) mass is 532 g/mol. The number of pyridine rings is 1. The maximum Gasteiger partial charge on any atom is 0.274 e. The molecule has 4 N–H and O–H groups in total. The summed E-state index contributed by atoms with van der Waals surface area (Å²) >= 11 is 0. The molecule has 4 atom stereocenters. The zero-order valence-corrected chi connectivity index (χ0v) is 23.3. The van der Waals surface area contributed by atoms with Crippen molar-refractivity contribution in [2.45, 2.75) is 77.3 Å². The van der Waals surface area contributed by atoms with Crippen molar-refractivity contribution in [1.29, 1.82) is 0 Å². The van der Waals surface area contributed by atoms with Gasteiger partial charge in [-0.1, -0.05) is 26.0 Å². The number of carbonyl (C=O) groups excluding carboxylic acids is 1. The van der Waals surface area contributed by atoms with Crippen molar-refractivity contribution < 1.29 is 13.9 Å². The average Bonchev–Trinajstić information content (AvgIpc) is 2.93. The minimum atomic E-state index is -0.293. The molecule has 5 rings (SSSR count). The molecule has 3 aliphatic rings. The third-order valence-electron chi connectivity index (χ3n) is 8.53. The Morgan fingerprint density at radius 2 is 1.95 bits per heavy atom. The van der Waals surface area contributed by atoms with Crippen LogP contribution in [0.25, 0.3) is 11.3 Å². The molecule has 1 aromatic heterocycles. The lowest BCUT2D eigenvalue weighted by Crippen LogP contribution is -2.40. The number of rotatable bonds is 6. The van der Waals surface area contributed by atoms with Crippen LogP contribution in [0.5, 0.6) is 0 Å². The van der Waals surface area contributed by atoms with Crippen LogP contribution in [0.2, 0.25) is 0 Å². The topological polar surface area (TPSA) is 89.3 Å². The Balaban J connectivity index is 1.42. The van der Waals surface area contributed by atoms with Gasteiger partial charge in [-0.25, -0.2) is 9.37 Å². The molecule has 1 aromatic carbocycles. The summed E-state index contributed by atoms with van der Waals surface area (Å²) < 4.78 is 21.1. The predicted octanol–water partition coefficient (Wildman–Crippen LogP) is 5.60. The smallest absolute Gasteiger partial charge is 0.274 e. The standard InChI is InChI=1S/C32H41FN4O2/c1-4-21-16-23(22-9-12-39-13-10-22)18-27(33)30(21)28-6-5-7-29(36-28)32(38)37-31-20(3)35-11-8-26(31)24-14-19(2)15-25(34)17-24/h5-8,11,16,18-20,22,24-25,35H,4,9-10,12-15,17,34H2,1-3H3,(H,37,38)/t19-,20?,24+,25-/m0/s1. The second kappa shape index (κ2) is 12.0. The lowest BCUT2D eigenvalue weighted by Gasteiger charge is -2.35. The highest BCUT2D eigenvalue weighted by Gasteiger charge is 2.31. The molecule has 1 unspecified atom stereocenters. The van der Waals surface area contributed by atoms with Gasteiger partial charge in [-0.3, -0.25) is 4.79 Å². The molecule has 208 valence electrons. The molecular formula is C32H41FN4O2. The number of benzene rings is 1. The van der Waals surface area contributed by atoms with Crippen molar-refractivity contribution in [2.75, 3.05) is 13.2 Å². The number of hydrogen-bond acceptors (Lipinski definition) is 5. The first-order chi connectivity index (χ1) is 18.8. The number of amides is 1. The molecule has 39 heavy (non-hydrogen) atoms. The molecule has 2 fully saturated rings. The van der Waals surface area contributed by atoms with Gasteiger partial charge in [0.2, 0.25) is 0 Å². The Kier molecular flexibility index (Phi) is 8.48. The van der Waals surface area contributed by atoms with Gasteiger partial charge in [0.25, 0.3) is 5.91 Å². The molecule has 6 nitrogen and oxygen atoms in total. The van der Waals surface area contributed by atoms with Crippen LogP contribution in [0, 0.1) is 17.7 Å². The van der Waals surface area contributed by atoms with Gasteiger partial charge >= 0.3 is 0 Å². The number of nitrogens with zero attached hydrogens (tertiary/aromatic N) is 1. The zero-order valence-electron chi connectivity index (χ0n) is 23.3. The van der Waals surface area contributed by atoms with Crippen LogP contribution < -0.4 is 16.4 Å². The summed E-state index contributed by atoms with van der Waals surface area (Å²) in [6, 6.07) is 9.13. The van der Waals surface area contributed by atoms with Gasteiger partial charge in [0.05, 0.1) is 11.7 Å². The summed E-state index contributed by atoms with van der Waals surface area (Å²) in [5.74, 6) is 0.569. The SMILES string of the molecule is CCc1cc(C2CCOCC2)cc(F)c1-c1cccc(C(=O)NC2=C([C@@H]3C[C@H](C)C[C@H](N)C3)C=CNC2C)n1. The molecule has 0 bridgehead atoms. The number of dihydropyridines is 1. The molecule has 1 amide bonds. The maximum absolute atomic E-state index is 15.6. The zero-order chi connectivity index (χ0) is 27.5. The van der Waals surface area contributed by atoms with E-state index in [4.69, 9.17) is 10.5 Å². The average molecular weight is 533 g/mol. The van der Waals surface area contributed by atoms with Crippen molar-refractivity contribution in [2.24, 2.45) is 17.6 Å². The minimum absolute atomic E-state index is 0.0486. The van der Waals surface area contributed by atoms with E-state index in [9.17, 15) is 4.79 Å². The number of aryl methyl sites for hydroxylation is 1. The predicted molar refractivity (Wildman–Crippen MR) is 153 cm³/mol. The third-order valence-corrected chi connectivity index (χ3v) is 8.53. The first-order valence-corrected chi connectivity index (χ1v) is 14.4. The molecular weight excluding hydrogens is 491 g/mol. The lowest BCUT2D eigenvalue weighted by atomic mass is 9.75. The molecule has 2 aromatic rings. The first kappa shape index (κ1) is 27.5. The second-order valence-electron chi connectivity index (χ2n) is 11.5. The van der Waals surface area contributed by atoms with Gasteiger partial charge in [-0.2, -0.15) is 0 Å². The number of hydrogen-bond donors (Lipinski definition) is 3. The number of nitrogens with two attached hydrogens (primary N) is 1. The van der Waals surface area contributed by atoms with E-state index in [0.717, 1.165) is 54.5 Å². The fourth-order valence-electron chi connectivity index (χ4n) is 6.56. The number of carbonyl (C=O) groups is 1. The van der Waals surface area contributed by atoms with Crippen LogP contribution in [-0.2, 0) is 11.2 Å². The Morgan fingerprint density at radius 3 is 2.69 bits per heavy atom. The van der Waals surface area contributed by atoms with E-state index < -0.39 is 0 Å². The maximum atomic E-state index is 15.6. The molecule has 7 heteroatoms. The number of ether oxygens (including phenoxy) is 1. The number of nitrogens with one attached hydrogen (secondary N) is 2. The molecule has 3 heterocycles. The van der Waals surface area contributed by atoms with Crippen molar-refractivity contribution >= 4 is 5.91 Å². The minimum Gasteiger partial charge on any atom is -0.383 e. The Labute approximate surface area is 231 Å². The van der Waals surface area contributed by atoms with Gasteiger partial charge in [-0.05, 0) is 110 Å². The summed E-state index contributed by atoms with van der Waals surface area (Å²) in [7, 11) is 0. The number of aromatic nitrogens is 1. The van der Waals surface area contributed by atoms with Crippen LogP contribution in [0.4, 0.5) is 4.39 Å². The highest BCUT2D eigenvalue weighted by Crippen LogP contribution is 2.36. The molecule has 2 aliphatic heterocycles. The van der Waals surface area contributed by atoms with E-state index >= 15 is 4.39 Å². The van der Waals surface area contributed by atoms with Crippen molar-refractivity contribution in [3.05, 3.63) is 76.5 Å². The van der Waals surface area contributed by atoms with E-state index in [-0.39, 0.29) is 29.5 Å². The van der Waals surface area contributed by atoms with Crippen LogP contribution in [-0.4, -0.2) is 36.2 Å². The largest absolute Gasteiger partial charge is 0.383 e. The molecule has 0 spiro atoms. The highest BCUT2D eigenvalue weighted by molar-refractivity contribution is 5.94. The highest BCUT2D eigenvalue weighted by atomic mass is 19.1. The molecule has 1 saturated heterocycles. The van der Waals surface area contributed by atoms with E-state index in [2.05, 4.69) is 34.7 Å². The molecule has 0 radical (unpaired) electrons. The van der Waals surface area contributed by atoms with Gasteiger partial charge in [0.1, 0.15) is 11.5 Å². The lowest BCUT2D eigenvalue weighted by molar-refractivity contribution is 0.0852. The normalized spacial score (nSPS) is 25.9. The molecule has 1 saturated carbocycles. The van der Waals surface area contributed by atoms with Crippen molar-refractivity contribution in [1.82, 2.24) is 15.6 Å². The van der Waals surface area contributed by atoms with E-state index in [1.165, 1.54) is 0 Å². The van der Waals surface area contributed by atoms with Gasteiger partial charge < -0.3 is 21.1 Å². The van der Waals surface area contributed by atoms with Crippen LogP contribution >= 0.6 is 0 Å². The van der Waals surface area contributed by atoms with Gasteiger partial charge in [0.15, 0.2) is 0 Å². The van der Waals surface area contributed by atoms with E-state index in [0.29, 0.717) is 48.6 Å². The molecule has 1 aliphatic carbocycles. The summed E-state index contributed by atoms with van der Waals surface area (Å²) in [4.78, 5) is 18.2. The summed E-state index contributed by atoms with van der Waals surface area (Å²) in [5.41, 5.74) is 11.5. The fraction of sp³-hybridized carbons (Fsp3) is 0.500. The van der Waals surface area contributed by atoms with Crippen molar-refractivity contribution in [3.63, 3.8) is 0 Å². The van der Waals surface area contributed by atoms with Crippen LogP contribution in [0.1, 0.15) is 80.4 Å². The van der Waals surface area contributed by atoms with Crippen LogP contribution in [0.15, 0.2) is 53.9 Å². The fourth-order valence-corrected chi connectivity index (χ4v) is 6.56. The summed E-state index contributed by atoms with van der Waals surface area (Å²) in [6.45, 7) is 7.73. The Bertz CT molecular complexity index is 1260. The van der Waals surface area contributed by atoms with E-state index in [1.807, 2.05) is 20.0 Å².